The lowest BCUT2D eigenvalue weighted by atomic mass is 10.1. The first kappa shape index (κ1) is 13.0. The Labute approximate surface area is 111 Å². The second-order valence-corrected chi connectivity index (χ2v) is 3.97. The molecule has 0 amide bonds. The fourth-order valence-corrected chi connectivity index (χ4v) is 1.64. The summed E-state index contributed by atoms with van der Waals surface area (Å²) in [7, 11) is 1.52. The minimum Gasteiger partial charge on any atom is -0.508 e. The van der Waals surface area contributed by atoms with E-state index in [4.69, 9.17) is 14.6 Å². The van der Waals surface area contributed by atoms with Crippen molar-refractivity contribution in [1.29, 1.82) is 0 Å². The van der Waals surface area contributed by atoms with Crippen LogP contribution in [0.3, 0.4) is 0 Å². The third-order valence-electron chi connectivity index (χ3n) is 2.58. The van der Waals surface area contributed by atoms with Gasteiger partial charge in [-0.1, -0.05) is 24.3 Å². The number of esters is 1. The number of rotatable bonds is 4. The van der Waals surface area contributed by atoms with E-state index in [-0.39, 0.29) is 18.1 Å². The zero-order valence-electron chi connectivity index (χ0n) is 10.5. The van der Waals surface area contributed by atoms with E-state index in [9.17, 15) is 4.79 Å². The first-order valence-electron chi connectivity index (χ1n) is 5.80. The zero-order valence-corrected chi connectivity index (χ0v) is 10.5. The predicted molar refractivity (Wildman–Crippen MR) is 70.4 cm³/mol. The minimum atomic E-state index is -0.379. The number of phenolic OH excluding ortho intramolecular Hbond substituents is 1. The molecule has 98 valence electrons. The van der Waals surface area contributed by atoms with E-state index in [1.54, 1.807) is 36.4 Å². The SMILES string of the molecule is COc1ccccc1OC(=O)Cc1ccc(O)cc1. The van der Waals surface area contributed by atoms with Gasteiger partial charge in [-0.25, -0.2) is 0 Å². The fourth-order valence-electron chi connectivity index (χ4n) is 1.64. The van der Waals surface area contributed by atoms with E-state index in [2.05, 4.69) is 0 Å². The number of carbonyl (C=O) groups is 1. The van der Waals surface area contributed by atoms with Crippen molar-refractivity contribution in [2.24, 2.45) is 0 Å². The summed E-state index contributed by atoms with van der Waals surface area (Å²) in [6.45, 7) is 0. The van der Waals surface area contributed by atoms with Crippen LogP contribution in [0.2, 0.25) is 0 Å². The van der Waals surface area contributed by atoms with Crippen molar-refractivity contribution in [2.75, 3.05) is 7.11 Å². The van der Waals surface area contributed by atoms with Gasteiger partial charge < -0.3 is 14.6 Å². The van der Waals surface area contributed by atoms with Crippen LogP contribution < -0.4 is 9.47 Å². The van der Waals surface area contributed by atoms with Gasteiger partial charge in [-0.05, 0) is 29.8 Å². The number of carbonyl (C=O) groups excluding carboxylic acids is 1. The largest absolute Gasteiger partial charge is 0.508 e. The van der Waals surface area contributed by atoms with Crippen molar-refractivity contribution in [3.8, 4) is 17.2 Å². The summed E-state index contributed by atoms with van der Waals surface area (Å²) in [6, 6.07) is 13.4. The number of para-hydroxylation sites is 2. The van der Waals surface area contributed by atoms with Crippen molar-refractivity contribution < 1.29 is 19.4 Å². The van der Waals surface area contributed by atoms with Crippen LogP contribution in [0.5, 0.6) is 17.2 Å². The molecule has 0 aliphatic heterocycles. The van der Waals surface area contributed by atoms with Crippen LogP contribution in [0.1, 0.15) is 5.56 Å². The number of benzene rings is 2. The maximum atomic E-state index is 11.8. The Morgan fingerprint density at radius 3 is 2.32 bits per heavy atom. The molecule has 2 aromatic carbocycles. The number of ether oxygens (including phenoxy) is 2. The molecular formula is C15H14O4. The Morgan fingerprint density at radius 2 is 1.68 bits per heavy atom. The van der Waals surface area contributed by atoms with Crippen LogP contribution in [0.25, 0.3) is 0 Å². The molecule has 0 bridgehead atoms. The molecule has 0 unspecified atom stereocenters. The lowest BCUT2D eigenvalue weighted by Gasteiger charge is -2.08. The van der Waals surface area contributed by atoms with Crippen molar-refractivity contribution >= 4 is 5.97 Å². The zero-order chi connectivity index (χ0) is 13.7. The highest BCUT2D eigenvalue weighted by molar-refractivity contribution is 5.75. The third kappa shape index (κ3) is 3.48. The molecule has 2 rings (SSSR count). The topological polar surface area (TPSA) is 55.8 Å². The van der Waals surface area contributed by atoms with Gasteiger partial charge in [0.1, 0.15) is 5.75 Å². The normalized spacial score (nSPS) is 9.95. The van der Waals surface area contributed by atoms with Gasteiger partial charge in [0.15, 0.2) is 11.5 Å². The van der Waals surface area contributed by atoms with Crippen molar-refractivity contribution in [3.05, 3.63) is 54.1 Å². The van der Waals surface area contributed by atoms with Crippen LogP contribution >= 0.6 is 0 Å². The summed E-state index contributed by atoms with van der Waals surface area (Å²) >= 11 is 0. The molecule has 0 radical (unpaired) electrons. The third-order valence-corrected chi connectivity index (χ3v) is 2.58. The Kier molecular flexibility index (Phi) is 4.03. The molecule has 4 nitrogen and oxygen atoms in total. The van der Waals surface area contributed by atoms with Gasteiger partial charge in [-0.3, -0.25) is 4.79 Å². The molecular weight excluding hydrogens is 244 g/mol. The van der Waals surface area contributed by atoms with Gasteiger partial charge in [-0.2, -0.15) is 0 Å². The highest BCUT2D eigenvalue weighted by Crippen LogP contribution is 2.26. The minimum absolute atomic E-state index is 0.137. The summed E-state index contributed by atoms with van der Waals surface area (Å²) in [4.78, 5) is 11.8. The first-order chi connectivity index (χ1) is 9.19. The van der Waals surface area contributed by atoms with Gasteiger partial charge in [0.05, 0.1) is 13.5 Å². The summed E-state index contributed by atoms with van der Waals surface area (Å²) < 4.78 is 10.3. The van der Waals surface area contributed by atoms with Gasteiger partial charge in [0, 0.05) is 0 Å². The Hall–Kier alpha value is -2.49. The van der Waals surface area contributed by atoms with E-state index in [1.807, 2.05) is 0 Å². The van der Waals surface area contributed by atoms with E-state index in [1.165, 1.54) is 19.2 Å². The van der Waals surface area contributed by atoms with Crippen LogP contribution in [0.4, 0.5) is 0 Å². The van der Waals surface area contributed by atoms with Crippen LogP contribution in [-0.4, -0.2) is 18.2 Å². The molecule has 4 heteroatoms. The van der Waals surface area contributed by atoms with Gasteiger partial charge >= 0.3 is 5.97 Å². The van der Waals surface area contributed by atoms with Gasteiger partial charge in [0.2, 0.25) is 0 Å². The second kappa shape index (κ2) is 5.91. The summed E-state index contributed by atoms with van der Waals surface area (Å²) in [5, 5.41) is 9.16. The van der Waals surface area contributed by atoms with E-state index < -0.39 is 0 Å². The lowest BCUT2D eigenvalue weighted by Crippen LogP contribution is -2.11. The highest BCUT2D eigenvalue weighted by Gasteiger charge is 2.10. The summed E-state index contributed by atoms with van der Waals surface area (Å²) in [6.07, 6.45) is 0.137. The highest BCUT2D eigenvalue weighted by atomic mass is 16.6. The quantitative estimate of drug-likeness (QED) is 0.676. The number of hydrogen-bond acceptors (Lipinski definition) is 4. The van der Waals surface area contributed by atoms with Crippen molar-refractivity contribution in [2.45, 2.75) is 6.42 Å². The second-order valence-electron chi connectivity index (χ2n) is 3.97. The van der Waals surface area contributed by atoms with Crippen LogP contribution in [0, 0.1) is 0 Å². The first-order valence-corrected chi connectivity index (χ1v) is 5.80. The maximum Gasteiger partial charge on any atom is 0.315 e. The monoisotopic (exact) mass is 258 g/mol. The average Bonchev–Trinajstić information content (AvgIpc) is 2.42. The number of aromatic hydroxyl groups is 1. The molecule has 0 saturated carbocycles. The Morgan fingerprint density at radius 1 is 1.05 bits per heavy atom. The molecule has 0 aliphatic carbocycles. The van der Waals surface area contributed by atoms with Gasteiger partial charge in [-0.15, -0.1) is 0 Å². The molecule has 0 spiro atoms. The standard InChI is InChI=1S/C15H14O4/c1-18-13-4-2-3-5-14(13)19-15(17)10-11-6-8-12(16)9-7-11/h2-9,16H,10H2,1H3. The number of phenols is 1. The lowest BCUT2D eigenvalue weighted by molar-refractivity contribution is -0.133. The number of methoxy groups -OCH3 is 1. The van der Waals surface area contributed by atoms with Crippen molar-refractivity contribution in [3.63, 3.8) is 0 Å². The molecule has 0 aliphatic rings. The molecule has 0 aromatic heterocycles. The summed E-state index contributed by atoms with van der Waals surface area (Å²) in [5.74, 6) is 0.701. The average molecular weight is 258 g/mol. The van der Waals surface area contributed by atoms with Crippen LogP contribution in [-0.2, 0) is 11.2 Å². The molecule has 0 heterocycles. The van der Waals surface area contributed by atoms with Crippen molar-refractivity contribution in [1.82, 2.24) is 0 Å². The summed E-state index contributed by atoms with van der Waals surface area (Å²) in [5.41, 5.74) is 0.776. The van der Waals surface area contributed by atoms with E-state index in [0.29, 0.717) is 11.5 Å². The Balaban J connectivity index is 2.03. The predicted octanol–water partition coefficient (Wildman–Crippen LogP) is 2.55. The molecule has 0 fully saturated rings. The smallest absolute Gasteiger partial charge is 0.315 e. The van der Waals surface area contributed by atoms with Crippen LogP contribution in [0.15, 0.2) is 48.5 Å². The molecule has 2 aromatic rings. The number of hydrogen-bond donors (Lipinski definition) is 1. The Bertz CT molecular complexity index is 561. The maximum absolute atomic E-state index is 11.8. The van der Waals surface area contributed by atoms with E-state index in [0.717, 1.165) is 5.56 Å². The van der Waals surface area contributed by atoms with E-state index >= 15 is 0 Å². The molecule has 0 saturated heterocycles. The van der Waals surface area contributed by atoms with Gasteiger partial charge in [0.25, 0.3) is 0 Å². The fraction of sp³-hybridized carbons (Fsp3) is 0.133. The molecule has 0 atom stereocenters. The molecule has 19 heavy (non-hydrogen) atoms. The molecule has 1 N–H and O–H groups in total.